The number of esters is 4. The summed E-state index contributed by atoms with van der Waals surface area (Å²) in [6, 6.07) is 24.7. The third-order valence-corrected chi connectivity index (χ3v) is 9.83. The number of carbonyl (C=O) groups excluding carboxylic acids is 4. The van der Waals surface area contributed by atoms with Gasteiger partial charge in [0.15, 0.2) is 26.4 Å². The van der Waals surface area contributed by atoms with Crippen LogP contribution in [-0.2, 0) is 38.1 Å². The normalized spacial score (nSPS) is 14.3. The molecule has 68 heavy (non-hydrogen) atoms. The lowest BCUT2D eigenvalue weighted by Gasteiger charge is -2.29. The van der Waals surface area contributed by atoms with Crippen molar-refractivity contribution in [3.05, 3.63) is 125 Å². The molecule has 4 aromatic carbocycles. The topological polar surface area (TPSA) is 142 Å². The maximum Gasteiger partial charge on any atom is 0.344 e. The first kappa shape index (κ1) is 52.4. The van der Waals surface area contributed by atoms with Crippen LogP contribution in [-0.4, -0.2) is 72.7 Å². The Kier molecular flexibility index (Phi) is 16.6. The van der Waals surface area contributed by atoms with Crippen molar-refractivity contribution >= 4 is 29.5 Å². The quantitative estimate of drug-likeness (QED) is 0.0734. The fourth-order valence-electron chi connectivity index (χ4n) is 7.56. The van der Waals surface area contributed by atoms with E-state index >= 15 is 0 Å². The zero-order chi connectivity index (χ0) is 50.2. The van der Waals surface area contributed by atoms with E-state index in [0.29, 0.717) is 23.0 Å². The molecule has 2 unspecified atom stereocenters. The van der Waals surface area contributed by atoms with Gasteiger partial charge in [0, 0.05) is 23.0 Å². The van der Waals surface area contributed by atoms with Gasteiger partial charge in [-0.15, -0.1) is 0 Å². The molecular weight excluding hydrogens is 865 g/mol. The molecule has 5 rings (SSSR count). The molecule has 0 saturated carbocycles. The lowest BCUT2D eigenvalue weighted by atomic mass is 9.78. The van der Waals surface area contributed by atoms with E-state index in [1.165, 1.54) is 0 Å². The van der Waals surface area contributed by atoms with E-state index in [-0.39, 0.29) is 32.3 Å². The van der Waals surface area contributed by atoms with Crippen LogP contribution in [0.15, 0.2) is 97.1 Å². The molecular formula is C56H68O12. The van der Waals surface area contributed by atoms with E-state index < -0.39 is 52.2 Å². The van der Waals surface area contributed by atoms with E-state index in [9.17, 15) is 19.2 Å². The van der Waals surface area contributed by atoms with Crippen molar-refractivity contribution in [1.29, 1.82) is 0 Å². The third-order valence-electron chi connectivity index (χ3n) is 9.83. The van der Waals surface area contributed by atoms with E-state index in [2.05, 4.69) is 24.3 Å². The molecule has 0 aromatic heterocycles. The lowest BCUT2D eigenvalue weighted by Crippen LogP contribution is -2.28. The number of ether oxygens (including phenoxy) is 8. The number of hydrogen-bond acceptors (Lipinski definition) is 12. The molecule has 0 N–H and O–H groups in total. The molecule has 0 radical (unpaired) electrons. The Morgan fingerprint density at radius 2 is 0.912 bits per heavy atom. The second-order valence-electron chi connectivity index (χ2n) is 20.8. The van der Waals surface area contributed by atoms with Gasteiger partial charge in [-0.3, -0.25) is 0 Å². The van der Waals surface area contributed by atoms with E-state index in [0.717, 1.165) is 44.5 Å². The highest BCUT2D eigenvalue weighted by molar-refractivity contribution is 5.79. The summed E-state index contributed by atoms with van der Waals surface area (Å²) in [4.78, 5) is 51.0. The first-order valence-corrected chi connectivity index (χ1v) is 22.9. The minimum atomic E-state index is -0.726. The standard InChI is InChI=1S/C56H68O12/c1-35-27-36(2)52(64-34-50(60)68-56(12,13)14)45(28-35)51(41-16-15-39(29-41)37-17-22-42(23-18-37)61-31-47(57)65-53(3,4)5)44-30-40(21-26-46(44)63-33-49(59)67-55(9,10)11)38-19-24-43(25-20-38)62-32-48(58)66-54(6,7)8/h15-30,41,51H,31-34H2,1-14H3. The van der Waals surface area contributed by atoms with Crippen LogP contribution in [0.4, 0.5) is 0 Å². The second-order valence-corrected chi connectivity index (χ2v) is 20.8. The van der Waals surface area contributed by atoms with Gasteiger partial charge >= 0.3 is 23.9 Å². The Morgan fingerprint density at radius 3 is 1.38 bits per heavy atom. The maximum atomic E-state index is 13.2. The number of aryl methyl sites for hydroxylation is 2. The van der Waals surface area contributed by atoms with Crippen LogP contribution in [0.25, 0.3) is 16.7 Å². The van der Waals surface area contributed by atoms with Crippen LogP contribution in [0, 0.1) is 19.8 Å². The second kappa shape index (κ2) is 21.6. The van der Waals surface area contributed by atoms with Crippen molar-refractivity contribution in [2.75, 3.05) is 26.4 Å². The van der Waals surface area contributed by atoms with E-state index in [1.54, 1.807) is 95.2 Å². The Balaban J connectivity index is 1.61. The molecule has 0 amide bonds. The van der Waals surface area contributed by atoms with Crippen LogP contribution in [0.5, 0.6) is 23.0 Å². The minimum absolute atomic E-state index is 0.222. The summed E-state index contributed by atoms with van der Waals surface area (Å²) < 4.78 is 46.4. The first-order valence-electron chi connectivity index (χ1n) is 22.9. The van der Waals surface area contributed by atoms with Crippen molar-refractivity contribution in [2.45, 2.75) is 125 Å². The van der Waals surface area contributed by atoms with Gasteiger partial charge in [0.2, 0.25) is 0 Å². The van der Waals surface area contributed by atoms with Gasteiger partial charge in [-0.2, -0.15) is 0 Å². The molecule has 4 aromatic rings. The molecule has 12 heteroatoms. The van der Waals surface area contributed by atoms with Crippen LogP contribution in [0.3, 0.4) is 0 Å². The van der Waals surface area contributed by atoms with Gasteiger partial charge in [0.05, 0.1) is 0 Å². The third kappa shape index (κ3) is 16.3. The van der Waals surface area contributed by atoms with E-state index in [4.69, 9.17) is 37.9 Å². The Labute approximate surface area is 401 Å². The molecule has 12 nitrogen and oxygen atoms in total. The number of carbonyl (C=O) groups is 4. The average molecular weight is 933 g/mol. The van der Waals surface area contributed by atoms with Crippen molar-refractivity contribution in [3.8, 4) is 34.1 Å². The largest absolute Gasteiger partial charge is 0.482 e. The fourth-order valence-corrected chi connectivity index (χ4v) is 7.56. The molecule has 1 aliphatic carbocycles. The molecule has 0 fully saturated rings. The Hall–Kier alpha value is -6.56. The summed E-state index contributed by atoms with van der Waals surface area (Å²) in [7, 11) is 0. The van der Waals surface area contributed by atoms with Crippen LogP contribution < -0.4 is 18.9 Å². The first-order chi connectivity index (χ1) is 31.6. The smallest absolute Gasteiger partial charge is 0.344 e. The zero-order valence-corrected chi connectivity index (χ0v) is 42.1. The van der Waals surface area contributed by atoms with Gasteiger partial charge in [0.1, 0.15) is 45.4 Å². The maximum absolute atomic E-state index is 13.2. The van der Waals surface area contributed by atoms with Crippen LogP contribution >= 0.6 is 0 Å². The van der Waals surface area contributed by atoms with Crippen molar-refractivity contribution in [2.24, 2.45) is 5.92 Å². The zero-order valence-electron chi connectivity index (χ0n) is 42.1. The summed E-state index contributed by atoms with van der Waals surface area (Å²) in [5.41, 5.74) is 4.15. The van der Waals surface area contributed by atoms with Gasteiger partial charge in [0.25, 0.3) is 0 Å². The highest BCUT2D eigenvalue weighted by Gasteiger charge is 2.32. The summed E-state index contributed by atoms with van der Waals surface area (Å²) in [6.07, 6.45) is 6.33. The molecule has 0 bridgehead atoms. The molecule has 0 aliphatic heterocycles. The lowest BCUT2D eigenvalue weighted by molar-refractivity contribution is -0.158. The highest BCUT2D eigenvalue weighted by atomic mass is 16.6. The average Bonchev–Trinajstić information content (AvgIpc) is 3.69. The number of allylic oxidation sites excluding steroid dienone is 4. The number of hydrogen-bond donors (Lipinski definition) is 0. The number of benzene rings is 4. The molecule has 2 atom stereocenters. The highest BCUT2D eigenvalue weighted by Crippen LogP contribution is 2.48. The van der Waals surface area contributed by atoms with E-state index in [1.807, 2.05) is 74.5 Å². The van der Waals surface area contributed by atoms with Gasteiger partial charge in [-0.1, -0.05) is 66.3 Å². The number of rotatable bonds is 17. The molecule has 364 valence electrons. The predicted octanol–water partition coefficient (Wildman–Crippen LogP) is 11.3. The monoisotopic (exact) mass is 932 g/mol. The van der Waals surface area contributed by atoms with Gasteiger partial charge < -0.3 is 37.9 Å². The SMILES string of the molecule is Cc1cc(C)c(OCC(=O)OC(C)(C)C)c(C(c2cc(-c3ccc(OCC(=O)OC(C)(C)C)cc3)ccc2OCC(=O)OC(C)(C)C)C2C=CC(c3ccc(OCC(=O)OC(C)(C)C)cc3)=C2)c1. The van der Waals surface area contributed by atoms with Gasteiger partial charge in [-0.25, -0.2) is 19.2 Å². The predicted molar refractivity (Wildman–Crippen MR) is 262 cm³/mol. The summed E-state index contributed by atoms with van der Waals surface area (Å²) >= 11 is 0. The molecule has 0 spiro atoms. The Bertz CT molecular complexity index is 2490. The summed E-state index contributed by atoms with van der Waals surface area (Å²) in [6.45, 7) is 24.5. The summed E-state index contributed by atoms with van der Waals surface area (Å²) in [5.74, 6) is -0.804. The molecule has 0 heterocycles. The van der Waals surface area contributed by atoms with Gasteiger partial charge in [-0.05, 0) is 161 Å². The van der Waals surface area contributed by atoms with Crippen molar-refractivity contribution < 1.29 is 57.1 Å². The fraction of sp³-hybridized carbons (Fsp3) is 0.429. The van der Waals surface area contributed by atoms with Crippen LogP contribution in [0.2, 0.25) is 0 Å². The summed E-state index contributed by atoms with van der Waals surface area (Å²) in [5, 5.41) is 0. The van der Waals surface area contributed by atoms with Crippen molar-refractivity contribution in [1.82, 2.24) is 0 Å². The molecule has 1 aliphatic rings. The van der Waals surface area contributed by atoms with Crippen molar-refractivity contribution in [3.63, 3.8) is 0 Å². The van der Waals surface area contributed by atoms with Crippen LogP contribution in [0.1, 0.15) is 117 Å². The molecule has 0 saturated heterocycles. The minimum Gasteiger partial charge on any atom is -0.482 e. The Morgan fingerprint density at radius 1 is 0.485 bits per heavy atom.